The first-order chi connectivity index (χ1) is 11.8. The Morgan fingerprint density at radius 1 is 1.29 bits per heavy atom. The van der Waals surface area contributed by atoms with Crippen molar-refractivity contribution in [1.29, 1.82) is 0 Å². The molecule has 2 saturated heterocycles. The van der Waals surface area contributed by atoms with Crippen molar-refractivity contribution in [2.24, 2.45) is 0 Å². The minimum atomic E-state index is 0.167. The van der Waals surface area contributed by atoms with Crippen LogP contribution in [0.4, 0.5) is 0 Å². The van der Waals surface area contributed by atoms with Gasteiger partial charge in [0.15, 0.2) is 0 Å². The average Bonchev–Trinajstić information content (AvgIpc) is 2.63. The fourth-order valence-corrected chi connectivity index (χ4v) is 4.66. The lowest BCUT2D eigenvalue weighted by molar-refractivity contribution is -0.135. The first-order valence-electron chi connectivity index (χ1n) is 8.91. The van der Waals surface area contributed by atoms with Gasteiger partial charge in [0, 0.05) is 30.8 Å². The number of amides is 1. The maximum Gasteiger partial charge on any atom is 0.225 e. The first-order valence-corrected chi connectivity index (χ1v) is 9.96. The van der Waals surface area contributed by atoms with Crippen molar-refractivity contribution in [3.8, 4) is 0 Å². The highest BCUT2D eigenvalue weighted by atomic mass is 32.2. The molecule has 1 amide bonds. The number of benzene rings is 1. The predicted octanol–water partition coefficient (Wildman–Crippen LogP) is 3.28. The van der Waals surface area contributed by atoms with Crippen LogP contribution in [-0.4, -0.2) is 54.3 Å². The van der Waals surface area contributed by atoms with Gasteiger partial charge >= 0.3 is 0 Å². The molecule has 5 heteroatoms. The van der Waals surface area contributed by atoms with Gasteiger partial charge in [-0.2, -0.15) is 11.8 Å². The SMILES string of the molecule is C[C@@H]1SCCN(C(=O)CCOC2CCOCC2)[C@@H]1c1ccccc1. The lowest BCUT2D eigenvalue weighted by Crippen LogP contribution is -2.44. The molecule has 0 N–H and O–H groups in total. The fourth-order valence-electron chi connectivity index (χ4n) is 3.50. The van der Waals surface area contributed by atoms with E-state index in [4.69, 9.17) is 9.47 Å². The van der Waals surface area contributed by atoms with Crippen LogP contribution in [0.2, 0.25) is 0 Å². The standard InChI is InChI=1S/C19H27NO3S/c1-15-19(16-5-3-2-4-6-16)20(10-14-24-15)18(21)9-13-23-17-7-11-22-12-8-17/h2-6,15,17,19H,7-14H2,1H3/t15-,19-/m0/s1. The summed E-state index contributed by atoms with van der Waals surface area (Å²) in [5.74, 6) is 1.22. The molecule has 1 aromatic carbocycles. The molecule has 4 nitrogen and oxygen atoms in total. The Bertz CT molecular complexity index is 519. The van der Waals surface area contributed by atoms with Crippen LogP contribution in [0.3, 0.4) is 0 Å². The summed E-state index contributed by atoms with van der Waals surface area (Å²) in [6.07, 6.45) is 2.61. The van der Waals surface area contributed by atoms with E-state index in [-0.39, 0.29) is 18.1 Å². The van der Waals surface area contributed by atoms with Gasteiger partial charge in [-0.25, -0.2) is 0 Å². The molecular formula is C19H27NO3S. The molecule has 1 aromatic rings. The van der Waals surface area contributed by atoms with Crippen LogP contribution in [0.5, 0.6) is 0 Å². The Morgan fingerprint density at radius 2 is 2.04 bits per heavy atom. The molecule has 2 aliphatic heterocycles. The van der Waals surface area contributed by atoms with Crippen LogP contribution in [-0.2, 0) is 14.3 Å². The summed E-state index contributed by atoms with van der Waals surface area (Å²) >= 11 is 1.95. The van der Waals surface area contributed by atoms with Gasteiger partial charge in [0.1, 0.15) is 0 Å². The fraction of sp³-hybridized carbons (Fsp3) is 0.632. The summed E-state index contributed by atoms with van der Waals surface area (Å²) in [7, 11) is 0. The van der Waals surface area contributed by atoms with E-state index in [0.29, 0.717) is 18.3 Å². The van der Waals surface area contributed by atoms with Crippen molar-refractivity contribution in [1.82, 2.24) is 4.90 Å². The van der Waals surface area contributed by atoms with E-state index in [1.165, 1.54) is 5.56 Å². The Hall–Kier alpha value is -1.04. The molecule has 2 atom stereocenters. The van der Waals surface area contributed by atoms with E-state index < -0.39 is 0 Å². The monoisotopic (exact) mass is 349 g/mol. The van der Waals surface area contributed by atoms with Crippen LogP contribution in [0.1, 0.15) is 37.8 Å². The third kappa shape index (κ3) is 4.52. The maximum atomic E-state index is 12.8. The van der Waals surface area contributed by atoms with Crippen molar-refractivity contribution >= 4 is 17.7 Å². The molecule has 0 aliphatic carbocycles. The van der Waals surface area contributed by atoms with Gasteiger partial charge in [0.2, 0.25) is 5.91 Å². The molecule has 2 aliphatic rings. The quantitative estimate of drug-likeness (QED) is 0.818. The smallest absolute Gasteiger partial charge is 0.225 e. The number of ether oxygens (including phenoxy) is 2. The molecule has 24 heavy (non-hydrogen) atoms. The van der Waals surface area contributed by atoms with Crippen LogP contribution >= 0.6 is 11.8 Å². The molecule has 132 valence electrons. The normalized spacial score (nSPS) is 25.6. The molecule has 0 unspecified atom stereocenters. The summed E-state index contributed by atoms with van der Waals surface area (Å²) in [6, 6.07) is 10.6. The number of hydrogen-bond acceptors (Lipinski definition) is 4. The molecule has 0 spiro atoms. The lowest BCUT2D eigenvalue weighted by Gasteiger charge is -2.40. The molecule has 0 radical (unpaired) electrons. The van der Waals surface area contributed by atoms with Crippen molar-refractivity contribution in [3.05, 3.63) is 35.9 Å². The zero-order valence-corrected chi connectivity index (χ0v) is 15.2. The van der Waals surface area contributed by atoms with Crippen molar-refractivity contribution in [2.75, 3.05) is 32.1 Å². The van der Waals surface area contributed by atoms with Gasteiger partial charge in [0.05, 0.1) is 25.2 Å². The molecular weight excluding hydrogens is 322 g/mol. The predicted molar refractivity (Wildman–Crippen MR) is 97.2 cm³/mol. The number of carbonyl (C=O) groups excluding carboxylic acids is 1. The highest BCUT2D eigenvalue weighted by molar-refractivity contribution is 8.00. The molecule has 0 aromatic heterocycles. The molecule has 2 heterocycles. The molecule has 0 saturated carbocycles. The number of carbonyl (C=O) groups is 1. The van der Waals surface area contributed by atoms with Crippen molar-refractivity contribution in [2.45, 2.75) is 43.6 Å². The van der Waals surface area contributed by atoms with Gasteiger partial charge in [0.25, 0.3) is 0 Å². The second kappa shape index (κ2) is 8.88. The second-order valence-electron chi connectivity index (χ2n) is 6.45. The molecule has 3 rings (SSSR count). The van der Waals surface area contributed by atoms with Gasteiger partial charge < -0.3 is 14.4 Å². The van der Waals surface area contributed by atoms with E-state index in [2.05, 4.69) is 36.1 Å². The largest absolute Gasteiger partial charge is 0.381 e. The summed E-state index contributed by atoms with van der Waals surface area (Å²) in [4.78, 5) is 14.8. The minimum Gasteiger partial charge on any atom is -0.381 e. The topological polar surface area (TPSA) is 38.8 Å². The molecule has 0 bridgehead atoms. The second-order valence-corrected chi connectivity index (χ2v) is 7.94. The van der Waals surface area contributed by atoms with E-state index in [0.717, 1.165) is 38.4 Å². The van der Waals surface area contributed by atoms with Gasteiger partial charge in [-0.3, -0.25) is 4.79 Å². The van der Waals surface area contributed by atoms with Gasteiger partial charge in [-0.15, -0.1) is 0 Å². The van der Waals surface area contributed by atoms with Gasteiger partial charge in [-0.05, 0) is 18.4 Å². The zero-order valence-electron chi connectivity index (χ0n) is 14.4. The third-order valence-electron chi connectivity index (χ3n) is 4.79. The Balaban J connectivity index is 1.57. The first kappa shape index (κ1) is 17.8. The van der Waals surface area contributed by atoms with E-state index in [9.17, 15) is 4.79 Å². The summed E-state index contributed by atoms with van der Waals surface area (Å²) < 4.78 is 11.2. The van der Waals surface area contributed by atoms with Crippen LogP contribution in [0, 0.1) is 0 Å². The van der Waals surface area contributed by atoms with E-state index >= 15 is 0 Å². The van der Waals surface area contributed by atoms with E-state index in [1.807, 2.05) is 17.8 Å². The number of thioether (sulfide) groups is 1. The Kier molecular flexibility index (Phi) is 6.58. The Labute approximate surface area is 148 Å². The molecule has 2 fully saturated rings. The third-order valence-corrected chi connectivity index (χ3v) is 5.99. The Morgan fingerprint density at radius 3 is 2.79 bits per heavy atom. The maximum absolute atomic E-state index is 12.8. The van der Waals surface area contributed by atoms with Gasteiger partial charge in [-0.1, -0.05) is 37.3 Å². The summed E-state index contributed by atoms with van der Waals surface area (Å²) in [5.41, 5.74) is 1.23. The summed E-state index contributed by atoms with van der Waals surface area (Å²) in [6.45, 7) is 5.11. The minimum absolute atomic E-state index is 0.167. The van der Waals surface area contributed by atoms with Crippen LogP contribution in [0.15, 0.2) is 30.3 Å². The van der Waals surface area contributed by atoms with E-state index in [1.54, 1.807) is 0 Å². The summed E-state index contributed by atoms with van der Waals surface area (Å²) in [5, 5.41) is 0.418. The number of rotatable bonds is 5. The number of hydrogen-bond donors (Lipinski definition) is 0. The van der Waals surface area contributed by atoms with Crippen LogP contribution in [0.25, 0.3) is 0 Å². The highest BCUT2D eigenvalue weighted by Crippen LogP contribution is 2.36. The van der Waals surface area contributed by atoms with Crippen LogP contribution < -0.4 is 0 Å². The number of nitrogens with zero attached hydrogens (tertiary/aromatic N) is 1. The zero-order chi connectivity index (χ0) is 16.8. The lowest BCUT2D eigenvalue weighted by atomic mass is 10.0. The highest BCUT2D eigenvalue weighted by Gasteiger charge is 2.33. The average molecular weight is 349 g/mol. The van der Waals surface area contributed by atoms with Crippen molar-refractivity contribution in [3.63, 3.8) is 0 Å². The van der Waals surface area contributed by atoms with Crippen molar-refractivity contribution < 1.29 is 14.3 Å².